The third kappa shape index (κ3) is 3.92. The molecule has 0 aliphatic carbocycles. The number of nitrogens with one attached hydrogen (secondary N) is 1. The zero-order valence-electron chi connectivity index (χ0n) is 12.2. The molecular weight excluding hydrogens is 286 g/mol. The van der Waals surface area contributed by atoms with Crippen molar-refractivity contribution in [1.29, 1.82) is 0 Å². The predicted octanol–water partition coefficient (Wildman–Crippen LogP) is 2.96. The van der Waals surface area contributed by atoms with Crippen molar-refractivity contribution in [3.63, 3.8) is 0 Å². The van der Waals surface area contributed by atoms with Crippen molar-refractivity contribution in [3.05, 3.63) is 59.2 Å². The Balaban J connectivity index is 2.20. The number of rotatable bonds is 3. The van der Waals surface area contributed by atoms with Gasteiger partial charge in [-0.1, -0.05) is 17.2 Å². The Morgan fingerprint density at radius 2 is 1.48 bits per heavy atom. The molecule has 2 rings (SSSR count). The zero-order chi connectivity index (χ0) is 15.6. The number of aryl methyl sites for hydroxylation is 2. The van der Waals surface area contributed by atoms with Crippen LogP contribution in [0.5, 0.6) is 0 Å². The fraction of sp³-hybridized carbons (Fsp3) is 0.188. The molecule has 2 aromatic rings. The summed E-state index contributed by atoms with van der Waals surface area (Å²) >= 11 is 0. The first kappa shape index (κ1) is 15.3. The summed E-state index contributed by atoms with van der Waals surface area (Å²) in [4.78, 5) is 12.4. The minimum Gasteiger partial charge on any atom is -0.322 e. The summed E-state index contributed by atoms with van der Waals surface area (Å²) in [6, 6.07) is 11.7. The third-order valence-corrected chi connectivity index (χ3v) is 4.15. The molecule has 0 aliphatic heterocycles. The molecule has 0 heterocycles. The van der Waals surface area contributed by atoms with E-state index < -0.39 is 9.84 Å². The molecule has 0 aliphatic rings. The zero-order valence-corrected chi connectivity index (χ0v) is 13.0. The monoisotopic (exact) mass is 303 g/mol. The maximum atomic E-state index is 12.2. The number of hydrogen-bond acceptors (Lipinski definition) is 3. The van der Waals surface area contributed by atoms with Crippen molar-refractivity contribution in [2.24, 2.45) is 0 Å². The highest BCUT2D eigenvalue weighted by atomic mass is 32.2. The lowest BCUT2D eigenvalue weighted by atomic mass is 10.1. The Morgan fingerprint density at radius 3 is 1.95 bits per heavy atom. The normalized spacial score (nSPS) is 11.2. The summed E-state index contributed by atoms with van der Waals surface area (Å²) in [7, 11) is -3.22. The van der Waals surface area contributed by atoms with Gasteiger partial charge in [-0.15, -0.1) is 0 Å². The van der Waals surface area contributed by atoms with Gasteiger partial charge in [-0.25, -0.2) is 8.42 Å². The number of benzene rings is 2. The summed E-state index contributed by atoms with van der Waals surface area (Å²) in [5.74, 6) is -0.214. The molecule has 0 atom stereocenters. The van der Waals surface area contributed by atoms with Crippen LogP contribution in [-0.4, -0.2) is 20.6 Å². The molecule has 0 spiro atoms. The van der Waals surface area contributed by atoms with Crippen LogP contribution in [0, 0.1) is 13.8 Å². The quantitative estimate of drug-likeness (QED) is 0.948. The van der Waals surface area contributed by atoms with Gasteiger partial charge in [0.15, 0.2) is 9.84 Å². The van der Waals surface area contributed by atoms with Gasteiger partial charge in [-0.2, -0.15) is 0 Å². The van der Waals surface area contributed by atoms with Crippen molar-refractivity contribution in [2.45, 2.75) is 18.7 Å². The molecule has 0 bridgehead atoms. The van der Waals surface area contributed by atoms with Gasteiger partial charge in [0.2, 0.25) is 0 Å². The maximum absolute atomic E-state index is 12.2. The highest BCUT2D eigenvalue weighted by Crippen LogP contribution is 2.16. The van der Waals surface area contributed by atoms with Crippen molar-refractivity contribution in [3.8, 4) is 0 Å². The highest BCUT2D eigenvalue weighted by Gasteiger charge is 2.09. The average Bonchev–Trinajstić information content (AvgIpc) is 2.37. The van der Waals surface area contributed by atoms with Crippen molar-refractivity contribution in [1.82, 2.24) is 0 Å². The van der Waals surface area contributed by atoms with Crippen LogP contribution in [0.25, 0.3) is 0 Å². The van der Waals surface area contributed by atoms with E-state index in [9.17, 15) is 13.2 Å². The van der Waals surface area contributed by atoms with E-state index in [4.69, 9.17) is 0 Å². The average molecular weight is 303 g/mol. The van der Waals surface area contributed by atoms with Crippen LogP contribution in [-0.2, 0) is 9.84 Å². The molecule has 5 heteroatoms. The minimum absolute atomic E-state index is 0.214. The first-order valence-corrected chi connectivity index (χ1v) is 8.34. The van der Waals surface area contributed by atoms with Gasteiger partial charge in [0, 0.05) is 17.5 Å². The molecule has 0 saturated heterocycles. The molecule has 2 aromatic carbocycles. The van der Waals surface area contributed by atoms with Gasteiger partial charge in [0.05, 0.1) is 4.90 Å². The van der Waals surface area contributed by atoms with Crippen molar-refractivity contribution >= 4 is 21.4 Å². The van der Waals surface area contributed by atoms with E-state index in [1.807, 2.05) is 32.0 Å². The van der Waals surface area contributed by atoms with E-state index in [2.05, 4.69) is 5.32 Å². The summed E-state index contributed by atoms with van der Waals surface area (Å²) in [6.07, 6.45) is 1.15. The molecule has 0 unspecified atom stereocenters. The SMILES string of the molecule is Cc1cc(C)cc(C(=O)Nc2ccc(S(C)(=O)=O)cc2)c1. The third-order valence-electron chi connectivity index (χ3n) is 3.02. The Labute approximate surface area is 124 Å². The predicted molar refractivity (Wildman–Crippen MR) is 83.4 cm³/mol. The van der Waals surface area contributed by atoms with E-state index in [-0.39, 0.29) is 10.8 Å². The van der Waals surface area contributed by atoms with Gasteiger partial charge in [0.25, 0.3) is 5.91 Å². The number of sulfone groups is 1. The lowest BCUT2D eigenvalue weighted by Gasteiger charge is -2.08. The van der Waals surface area contributed by atoms with Crippen molar-refractivity contribution in [2.75, 3.05) is 11.6 Å². The Kier molecular flexibility index (Phi) is 4.14. The molecule has 1 N–H and O–H groups in total. The van der Waals surface area contributed by atoms with Crippen LogP contribution in [0.2, 0.25) is 0 Å². The molecule has 110 valence electrons. The molecule has 0 saturated carbocycles. The Hall–Kier alpha value is -2.14. The van der Waals surface area contributed by atoms with Crippen LogP contribution in [0.15, 0.2) is 47.4 Å². The fourth-order valence-corrected chi connectivity index (χ4v) is 2.72. The highest BCUT2D eigenvalue weighted by molar-refractivity contribution is 7.90. The molecule has 1 amide bonds. The summed E-state index contributed by atoms with van der Waals surface area (Å²) in [6.45, 7) is 3.87. The Morgan fingerprint density at radius 1 is 0.952 bits per heavy atom. The topological polar surface area (TPSA) is 63.2 Å². The molecule has 4 nitrogen and oxygen atoms in total. The van der Waals surface area contributed by atoms with Gasteiger partial charge in [-0.3, -0.25) is 4.79 Å². The lowest BCUT2D eigenvalue weighted by Crippen LogP contribution is -2.12. The Bertz CT molecular complexity index is 757. The fourth-order valence-electron chi connectivity index (χ4n) is 2.09. The van der Waals surface area contributed by atoms with Gasteiger partial charge in [-0.05, 0) is 50.2 Å². The second-order valence-corrected chi connectivity index (χ2v) is 7.14. The molecule has 0 aromatic heterocycles. The first-order chi connectivity index (χ1) is 9.75. The van der Waals surface area contributed by atoms with Crippen LogP contribution >= 0.6 is 0 Å². The molecule has 0 radical (unpaired) electrons. The molecular formula is C16H17NO3S. The number of carbonyl (C=O) groups excluding carboxylic acids is 1. The smallest absolute Gasteiger partial charge is 0.255 e. The minimum atomic E-state index is -3.22. The van der Waals surface area contributed by atoms with Crippen LogP contribution in [0.4, 0.5) is 5.69 Å². The number of anilines is 1. The maximum Gasteiger partial charge on any atom is 0.255 e. The number of hydrogen-bond donors (Lipinski definition) is 1. The standard InChI is InChI=1S/C16H17NO3S/c1-11-8-12(2)10-13(9-11)16(18)17-14-4-6-15(7-5-14)21(3,19)20/h4-10H,1-3H3,(H,17,18). The van der Waals surface area contributed by atoms with Crippen LogP contribution < -0.4 is 5.32 Å². The van der Waals surface area contributed by atoms with Crippen molar-refractivity contribution < 1.29 is 13.2 Å². The molecule has 0 fully saturated rings. The van der Waals surface area contributed by atoms with E-state index in [1.165, 1.54) is 12.1 Å². The number of amides is 1. The summed E-state index contributed by atoms with van der Waals surface area (Å²) in [5, 5.41) is 2.76. The van der Waals surface area contributed by atoms with Gasteiger partial charge >= 0.3 is 0 Å². The van der Waals surface area contributed by atoms with E-state index >= 15 is 0 Å². The first-order valence-electron chi connectivity index (χ1n) is 6.45. The summed E-state index contributed by atoms with van der Waals surface area (Å²) in [5.41, 5.74) is 3.19. The van der Waals surface area contributed by atoms with Gasteiger partial charge < -0.3 is 5.32 Å². The van der Waals surface area contributed by atoms with Crippen LogP contribution in [0.3, 0.4) is 0 Å². The molecule has 21 heavy (non-hydrogen) atoms. The largest absolute Gasteiger partial charge is 0.322 e. The second kappa shape index (κ2) is 5.69. The van der Waals surface area contributed by atoms with E-state index in [1.54, 1.807) is 12.1 Å². The summed E-state index contributed by atoms with van der Waals surface area (Å²) < 4.78 is 22.8. The number of carbonyl (C=O) groups is 1. The van der Waals surface area contributed by atoms with E-state index in [0.29, 0.717) is 11.3 Å². The lowest BCUT2D eigenvalue weighted by molar-refractivity contribution is 0.102. The van der Waals surface area contributed by atoms with Crippen LogP contribution in [0.1, 0.15) is 21.5 Å². The van der Waals surface area contributed by atoms with Gasteiger partial charge in [0.1, 0.15) is 0 Å². The van der Waals surface area contributed by atoms with E-state index in [0.717, 1.165) is 17.4 Å². The second-order valence-electron chi connectivity index (χ2n) is 5.13.